The van der Waals surface area contributed by atoms with E-state index < -0.39 is 12.0 Å². The number of hydrogen-bond acceptors (Lipinski definition) is 2. The minimum Gasteiger partial charge on any atom is -0.367 e. The van der Waals surface area contributed by atoms with E-state index in [9.17, 15) is 4.79 Å². The topological polar surface area (TPSA) is 52.3 Å². The first-order valence-electron chi connectivity index (χ1n) is 3.58. The second-order valence-corrected chi connectivity index (χ2v) is 2.66. The Balaban J connectivity index is 3.55. The lowest BCUT2D eigenvalue weighted by Gasteiger charge is -2.06. The van der Waals surface area contributed by atoms with Gasteiger partial charge in [-0.3, -0.25) is 4.79 Å². The Bertz CT molecular complexity index is 159. The highest BCUT2D eigenvalue weighted by molar-refractivity contribution is 5.78. The summed E-state index contributed by atoms with van der Waals surface area (Å²) in [5.41, 5.74) is 6.14. The van der Waals surface area contributed by atoms with E-state index in [1.807, 2.05) is 19.9 Å². The first-order chi connectivity index (χ1) is 5.04. The van der Waals surface area contributed by atoms with Gasteiger partial charge in [0, 0.05) is 0 Å². The number of hydrogen-bond donors (Lipinski definition) is 1. The molecule has 0 aromatic rings. The standard InChI is InChI=1S/C8H15NO2/c1-6(2)4-5-11-7(3)8(9)10/h4,7H,5H2,1-3H3,(H2,9,10). The van der Waals surface area contributed by atoms with Crippen LogP contribution >= 0.6 is 0 Å². The molecule has 0 aromatic heterocycles. The fourth-order valence-corrected chi connectivity index (χ4v) is 0.441. The third-order valence-electron chi connectivity index (χ3n) is 1.24. The van der Waals surface area contributed by atoms with Crippen LogP contribution in [0.3, 0.4) is 0 Å². The van der Waals surface area contributed by atoms with Crippen LogP contribution in [0.4, 0.5) is 0 Å². The fourth-order valence-electron chi connectivity index (χ4n) is 0.441. The molecule has 0 saturated heterocycles. The van der Waals surface area contributed by atoms with E-state index in [1.165, 1.54) is 5.57 Å². The van der Waals surface area contributed by atoms with E-state index in [0.29, 0.717) is 6.61 Å². The third kappa shape index (κ3) is 5.61. The molecule has 0 saturated carbocycles. The molecule has 0 bridgehead atoms. The minimum absolute atomic E-state index is 0.424. The van der Waals surface area contributed by atoms with Gasteiger partial charge in [-0.2, -0.15) is 0 Å². The van der Waals surface area contributed by atoms with Crippen molar-refractivity contribution in [1.82, 2.24) is 0 Å². The van der Waals surface area contributed by atoms with Gasteiger partial charge in [-0.25, -0.2) is 0 Å². The zero-order valence-corrected chi connectivity index (χ0v) is 7.26. The van der Waals surface area contributed by atoms with Crippen LogP contribution in [0.1, 0.15) is 20.8 Å². The Morgan fingerprint density at radius 3 is 2.55 bits per heavy atom. The quantitative estimate of drug-likeness (QED) is 0.615. The van der Waals surface area contributed by atoms with Gasteiger partial charge in [-0.1, -0.05) is 11.6 Å². The SMILES string of the molecule is CC(C)=CCOC(C)C(N)=O. The largest absolute Gasteiger partial charge is 0.367 e. The molecule has 3 heteroatoms. The predicted molar refractivity (Wildman–Crippen MR) is 44.0 cm³/mol. The summed E-state index contributed by atoms with van der Waals surface area (Å²) in [5, 5.41) is 0. The van der Waals surface area contributed by atoms with Gasteiger partial charge in [0.2, 0.25) is 5.91 Å². The van der Waals surface area contributed by atoms with Crippen LogP contribution in [0, 0.1) is 0 Å². The van der Waals surface area contributed by atoms with Crippen molar-refractivity contribution in [2.75, 3.05) is 6.61 Å². The van der Waals surface area contributed by atoms with Crippen molar-refractivity contribution in [3.8, 4) is 0 Å². The number of carbonyl (C=O) groups excluding carboxylic acids is 1. The summed E-state index contributed by atoms with van der Waals surface area (Å²) < 4.78 is 5.06. The van der Waals surface area contributed by atoms with Crippen LogP contribution < -0.4 is 5.73 Å². The molecule has 1 amide bonds. The highest BCUT2D eigenvalue weighted by atomic mass is 16.5. The lowest BCUT2D eigenvalue weighted by Crippen LogP contribution is -2.28. The second-order valence-electron chi connectivity index (χ2n) is 2.66. The van der Waals surface area contributed by atoms with Crippen LogP contribution in [-0.4, -0.2) is 18.6 Å². The predicted octanol–water partition coefficient (Wildman–Crippen LogP) is 0.843. The van der Waals surface area contributed by atoms with Gasteiger partial charge in [0.15, 0.2) is 0 Å². The molecule has 0 spiro atoms. The molecule has 64 valence electrons. The zero-order chi connectivity index (χ0) is 8.85. The van der Waals surface area contributed by atoms with Gasteiger partial charge >= 0.3 is 0 Å². The van der Waals surface area contributed by atoms with Crippen molar-refractivity contribution in [1.29, 1.82) is 0 Å². The Morgan fingerprint density at radius 1 is 1.64 bits per heavy atom. The summed E-state index contributed by atoms with van der Waals surface area (Å²) in [6.07, 6.45) is 1.41. The molecule has 1 unspecified atom stereocenters. The average molecular weight is 157 g/mol. The maximum Gasteiger partial charge on any atom is 0.246 e. The molecule has 0 aliphatic carbocycles. The highest BCUT2D eigenvalue weighted by Crippen LogP contribution is 1.92. The van der Waals surface area contributed by atoms with E-state index in [-0.39, 0.29) is 0 Å². The van der Waals surface area contributed by atoms with Crippen molar-refractivity contribution in [2.24, 2.45) is 5.73 Å². The summed E-state index contributed by atoms with van der Waals surface area (Å²) in [5.74, 6) is -0.424. The lowest BCUT2D eigenvalue weighted by atomic mass is 10.3. The summed E-state index contributed by atoms with van der Waals surface area (Å²) in [6.45, 7) is 6.03. The van der Waals surface area contributed by atoms with E-state index in [2.05, 4.69) is 0 Å². The van der Waals surface area contributed by atoms with Gasteiger partial charge in [-0.15, -0.1) is 0 Å². The number of ether oxygens (including phenoxy) is 1. The van der Waals surface area contributed by atoms with Crippen LogP contribution in [0.25, 0.3) is 0 Å². The summed E-state index contributed by atoms with van der Waals surface area (Å²) in [7, 11) is 0. The smallest absolute Gasteiger partial charge is 0.246 e. The molecule has 0 rings (SSSR count). The molecule has 11 heavy (non-hydrogen) atoms. The second kappa shape index (κ2) is 4.91. The molecule has 2 N–H and O–H groups in total. The molecule has 3 nitrogen and oxygen atoms in total. The number of primary amides is 1. The lowest BCUT2D eigenvalue weighted by molar-refractivity contribution is -0.127. The Hall–Kier alpha value is -0.830. The molecule has 0 radical (unpaired) electrons. The van der Waals surface area contributed by atoms with Crippen LogP contribution in [0.2, 0.25) is 0 Å². The van der Waals surface area contributed by atoms with Crippen molar-refractivity contribution in [3.63, 3.8) is 0 Å². The minimum atomic E-state index is -0.495. The molecular formula is C8H15NO2. The number of nitrogens with two attached hydrogens (primary N) is 1. The molecule has 0 aliphatic heterocycles. The van der Waals surface area contributed by atoms with Gasteiger partial charge in [0.25, 0.3) is 0 Å². The number of carbonyl (C=O) groups is 1. The fraction of sp³-hybridized carbons (Fsp3) is 0.625. The highest BCUT2D eigenvalue weighted by Gasteiger charge is 2.06. The Morgan fingerprint density at radius 2 is 2.18 bits per heavy atom. The van der Waals surface area contributed by atoms with E-state index in [0.717, 1.165) is 0 Å². The van der Waals surface area contributed by atoms with Crippen molar-refractivity contribution >= 4 is 5.91 Å². The monoisotopic (exact) mass is 157 g/mol. The van der Waals surface area contributed by atoms with E-state index >= 15 is 0 Å². The van der Waals surface area contributed by atoms with Crippen molar-refractivity contribution in [3.05, 3.63) is 11.6 Å². The zero-order valence-electron chi connectivity index (χ0n) is 7.26. The number of allylic oxidation sites excluding steroid dienone is 1. The maximum absolute atomic E-state index is 10.5. The first kappa shape index (κ1) is 10.2. The third-order valence-corrected chi connectivity index (χ3v) is 1.24. The van der Waals surface area contributed by atoms with Crippen LogP contribution in [0.15, 0.2) is 11.6 Å². The normalized spacial score (nSPS) is 12.3. The van der Waals surface area contributed by atoms with Crippen LogP contribution in [0.5, 0.6) is 0 Å². The number of rotatable bonds is 4. The maximum atomic E-state index is 10.5. The molecule has 0 fully saturated rings. The molecule has 0 aromatic carbocycles. The molecule has 0 aliphatic rings. The average Bonchev–Trinajstić information content (AvgIpc) is 1.86. The van der Waals surface area contributed by atoms with E-state index in [1.54, 1.807) is 6.92 Å². The Labute approximate surface area is 67.2 Å². The van der Waals surface area contributed by atoms with E-state index in [4.69, 9.17) is 10.5 Å². The summed E-state index contributed by atoms with van der Waals surface area (Å²) in [4.78, 5) is 10.5. The molecular weight excluding hydrogens is 142 g/mol. The van der Waals surface area contributed by atoms with Gasteiger partial charge in [0.1, 0.15) is 6.10 Å². The van der Waals surface area contributed by atoms with Gasteiger partial charge in [-0.05, 0) is 20.8 Å². The van der Waals surface area contributed by atoms with Crippen molar-refractivity contribution < 1.29 is 9.53 Å². The van der Waals surface area contributed by atoms with Gasteiger partial charge < -0.3 is 10.5 Å². The Kier molecular flexibility index (Phi) is 4.54. The summed E-state index contributed by atoms with van der Waals surface area (Å²) in [6, 6.07) is 0. The molecule has 1 atom stereocenters. The molecule has 0 heterocycles. The van der Waals surface area contributed by atoms with Crippen LogP contribution in [-0.2, 0) is 9.53 Å². The van der Waals surface area contributed by atoms with Gasteiger partial charge in [0.05, 0.1) is 6.61 Å². The number of amides is 1. The first-order valence-corrected chi connectivity index (χ1v) is 3.58. The van der Waals surface area contributed by atoms with Crippen molar-refractivity contribution in [2.45, 2.75) is 26.9 Å². The summed E-state index contributed by atoms with van der Waals surface area (Å²) >= 11 is 0.